The van der Waals surface area contributed by atoms with Gasteiger partial charge in [0.25, 0.3) is 11.8 Å². The third-order valence-corrected chi connectivity index (χ3v) is 5.24. The zero-order chi connectivity index (χ0) is 24.3. The van der Waals surface area contributed by atoms with Crippen LogP contribution in [0.3, 0.4) is 0 Å². The maximum atomic E-state index is 13.4. The van der Waals surface area contributed by atoms with Crippen molar-refractivity contribution < 1.29 is 33.4 Å². The maximum Gasteiger partial charge on any atom is 0.339 e. The Labute approximate surface area is 190 Å². The van der Waals surface area contributed by atoms with Gasteiger partial charge in [-0.05, 0) is 42.7 Å². The quantitative estimate of drug-likeness (QED) is 0.507. The van der Waals surface area contributed by atoms with E-state index in [-0.39, 0.29) is 40.3 Å². The summed E-state index contributed by atoms with van der Waals surface area (Å²) in [4.78, 5) is 64.4. The highest BCUT2D eigenvalue weighted by molar-refractivity contribution is 6.23. The second-order valence-electron chi connectivity index (χ2n) is 7.90. The normalized spacial score (nSPS) is 13.5. The first-order valence-corrected chi connectivity index (χ1v) is 10.3. The molecule has 1 aliphatic heterocycles. The monoisotopic (exact) mass is 452 g/mol. The number of fused-ring (bicyclic) bond motifs is 1. The predicted octanol–water partition coefficient (Wildman–Crippen LogP) is 2.91. The molecule has 1 atom stereocenters. The van der Waals surface area contributed by atoms with Crippen molar-refractivity contribution >= 4 is 35.3 Å². The highest BCUT2D eigenvalue weighted by Gasteiger charge is 2.43. The van der Waals surface area contributed by atoms with Crippen LogP contribution < -0.4 is 5.32 Å². The van der Waals surface area contributed by atoms with Crippen LogP contribution in [0, 0.1) is 5.92 Å². The van der Waals surface area contributed by atoms with Gasteiger partial charge in [0.2, 0.25) is 5.91 Å². The van der Waals surface area contributed by atoms with E-state index in [1.807, 2.05) is 13.8 Å². The molecule has 2 aromatic carbocycles. The SMILES string of the molecule is COC(=O)c1ccc(C(=O)OC)c(NC(=O)[C@@H](CC(C)C)N2C(=O)c3ccccc3C2=O)c1. The van der Waals surface area contributed by atoms with Crippen LogP contribution in [0.5, 0.6) is 0 Å². The highest BCUT2D eigenvalue weighted by atomic mass is 16.5. The summed E-state index contributed by atoms with van der Waals surface area (Å²) in [6.07, 6.45) is 0.196. The smallest absolute Gasteiger partial charge is 0.339 e. The number of carbonyl (C=O) groups is 5. The molecule has 0 saturated carbocycles. The molecular formula is C24H24N2O7. The van der Waals surface area contributed by atoms with Gasteiger partial charge in [-0.1, -0.05) is 26.0 Å². The zero-order valence-corrected chi connectivity index (χ0v) is 18.7. The van der Waals surface area contributed by atoms with E-state index < -0.39 is 35.7 Å². The van der Waals surface area contributed by atoms with Crippen molar-refractivity contribution in [2.24, 2.45) is 5.92 Å². The first-order valence-electron chi connectivity index (χ1n) is 10.3. The maximum absolute atomic E-state index is 13.4. The van der Waals surface area contributed by atoms with Gasteiger partial charge < -0.3 is 14.8 Å². The minimum Gasteiger partial charge on any atom is -0.465 e. The lowest BCUT2D eigenvalue weighted by atomic mass is 10.0. The van der Waals surface area contributed by atoms with E-state index in [2.05, 4.69) is 5.32 Å². The Morgan fingerprint density at radius 2 is 1.48 bits per heavy atom. The van der Waals surface area contributed by atoms with Gasteiger partial charge in [0.05, 0.1) is 42.2 Å². The number of carbonyl (C=O) groups excluding carboxylic acids is 5. The molecule has 0 saturated heterocycles. The van der Waals surface area contributed by atoms with Gasteiger partial charge in [-0.3, -0.25) is 19.3 Å². The topological polar surface area (TPSA) is 119 Å². The molecule has 33 heavy (non-hydrogen) atoms. The molecule has 172 valence electrons. The van der Waals surface area contributed by atoms with Gasteiger partial charge in [0.1, 0.15) is 6.04 Å². The van der Waals surface area contributed by atoms with Crippen LogP contribution in [0.2, 0.25) is 0 Å². The number of hydrogen-bond donors (Lipinski definition) is 1. The number of anilines is 1. The second-order valence-corrected chi connectivity index (χ2v) is 7.90. The molecule has 0 radical (unpaired) electrons. The standard InChI is InChI=1S/C24H24N2O7/c1-13(2)11-19(26-21(28)15-7-5-6-8-16(15)22(26)29)20(27)25-18-12-14(23(30)32-3)9-10-17(18)24(31)33-4/h5-10,12-13,19H,11H2,1-4H3,(H,25,27)/t19-/m1/s1. The minimum absolute atomic E-state index is 0.000107. The summed E-state index contributed by atoms with van der Waals surface area (Å²) in [6.45, 7) is 3.71. The van der Waals surface area contributed by atoms with Gasteiger partial charge in [-0.2, -0.15) is 0 Å². The number of esters is 2. The Hall–Kier alpha value is -4.01. The molecule has 0 aromatic heterocycles. The second kappa shape index (κ2) is 9.64. The molecule has 9 nitrogen and oxygen atoms in total. The molecular weight excluding hydrogens is 428 g/mol. The Morgan fingerprint density at radius 1 is 0.909 bits per heavy atom. The minimum atomic E-state index is -1.13. The highest BCUT2D eigenvalue weighted by Crippen LogP contribution is 2.28. The van der Waals surface area contributed by atoms with Crippen LogP contribution in [0.4, 0.5) is 5.69 Å². The summed E-state index contributed by atoms with van der Waals surface area (Å²) in [6, 6.07) is 9.20. The van der Waals surface area contributed by atoms with Crippen LogP contribution in [-0.2, 0) is 14.3 Å². The third-order valence-electron chi connectivity index (χ3n) is 5.24. The fourth-order valence-corrected chi connectivity index (χ4v) is 3.66. The number of nitrogens with one attached hydrogen (secondary N) is 1. The lowest BCUT2D eigenvalue weighted by Gasteiger charge is -2.27. The third kappa shape index (κ3) is 4.62. The number of amides is 3. The zero-order valence-electron chi connectivity index (χ0n) is 18.7. The van der Waals surface area contributed by atoms with Crippen molar-refractivity contribution in [2.45, 2.75) is 26.3 Å². The Balaban J connectivity index is 1.99. The van der Waals surface area contributed by atoms with Crippen LogP contribution >= 0.6 is 0 Å². The van der Waals surface area contributed by atoms with E-state index >= 15 is 0 Å². The molecule has 2 aromatic rings. The van der Waals surface area contributed by atoms with Gasteiger partial charge in [-0.15, -0.1) is 0 Å². The summed E-state index contributed by atoms with van der Waals surface area (Å²) in [5.74, 6) is -3.23. The molecule has 0 fully saturated rings. The Bertz CT molecular complexity index is 1100. The summed E-state index contributed by atoms with van der Waals surface area (Å²) < 4.78 is 9.46. The molecule has 9 heteroatoms. The lowest BCUT2D eigenvalue weighted by molar-refractivity contribution is -0.120. The summed E-state index contributed by atoms with van der Waals surface area (Å²) >= 11 is 0. The van der Waals surface area contributed by atoms with Crippen LogP contribution in [-0.4, -0.2) is 54.8 Å². The number of hydrogen-bond acceptors (Lipinski definition) is 7. The molecule has 0 spiro atoms. The first kappa shape index (κ1) is 23.6. The number of methoxy groups -OCH3 is 2. The summed E-state index contributed by atoms with van der Waals surface area (Å²) in [5.41, 5.74) is 0.560. The average molecular weight is 452 g/mol. The summed E-state index contributed by atoms with van der Waals surface area (Å²) in [7, 11) is 2.39. The van der Waals surface area contributed by atoms with Gasteiger partial charge in [0, 0.05) is 0 Å². The molecule has 0 unspecified atom stereocenters. The number of rotatable bonds is 7. The largest absolute Gasteiger partial charge is 0.465 e. The average Bonchev–Trinajstić information content (AvgIpc) is 3.06. The van der Waals surface area contributed by atoms with E-state index in [1.165, 1.54) is 44.6 Å². The fraction of sp³-hybridized carbons (Fsp3) is 0.292. The molecule has 0 aliphatic carbocycles. The molecule has 3 amide bonds. The molecule has 1 aliphatic rings. The Kier molecular flexibility index (Phi) is 6.91. The van der Waals surface area contributed by atoms with E-state index in [4.69, 9.17) is 9.47 Å². The van der Waals surface area contributed by atoms with E-state index in [9.17, 15) is 24.0 Å². The molecule has 3 rings (SSSR count). The van der Waals surface area contributed by atoms with Gasteiger partial charge >= 0.3 is 11.9 Å². The van der Waals surface area contributed by atoms with Crippen molar-refractivity contribution in [1.29, 1.82) is 0 Å². The number of ether oxygens (including phenoxy) is 2. The van der Waals surface area contributed by atoms with Crippen LogP contribution in [0.15, 0.2) is 42.5 Å². The molecule has 0 bridgehead atoms. The van der Waals surface area contributed by atoms with Crippen molar-refractivity contribution in [3.63, 3.8) is 0 Å². The molecule has 1 N–H and O–H groups in total. The number of imide groups is 1. The van der Waals surface area contributed by atoms with Gasteiger partial charge in [-0.25, -0.2) is 9.59 Å². The fourth-order valence-electron chi connectivity index (χ4n) is 3.66. The van der Waals surface area contributed by atoms with E-state index in [0.29, 0.717) is 0 Å². The van der Waals surface area contributed by atoms with Crippen molar-refractivity contribution in [2.75, 3.05) is 19.5 Å². The van der Waals surface area contributed by atoms with E-state index in [0.717, 1.165) is 4.90 Å². The molecule has 1 heterocycles. The first-order chi connectivity index (χ1) is 15.7. The van der Waals surface area contributed by atoms with Gasteiger partial charge in [0.15, 0.2) is 0 Å². The van der Waals surface area contributed by atoms with Crippen LogP contribution in [0.1, 0.15) is 61.7 Å². The van der Waals surface area contributed by atoms with Crippen LogP contribution in [0.25, 0.3) is 0 Å². The predicted molar refractivity (Wildman–Crippen MR) is 118 cm³/mol. The van der Waals surface area contributed by atoms with Crippen molar-refractivity contribution in [3.8, 4) is 0 Å². The lowest BCUT2D eigenvalue weighted by Crippen LogP contribution is -2.48. The van der Waals surface area contributed by atoms with Crippen molar-refractivity contribution in [3.05, 3.63) is 64.7 Å². The summed E-state index contributed by atoms with van der Waals surface area (Å²) in [5, 5.41) is 2.60. The van der Waals surface area contributed by atoms with Crippen molar-refractivity contribution in [1.82, 2.24) is 4.90 Å². The number of benzene rings is 2. The van der Waals surface area contributed by atoms with E-state index in [1.54, 1.807) is 12.1 Å². The Morgan fingerprint density at radius 3 is 2.00 bits per heavy atom. The number of nitrogens with zero attached hydrogens (tertiary/aromatic N) is 1.